The normalized spacial score (nSPS) is 23.1. The van der Waals surface area contributed by atoms with Crippen molar-refractivity contribution in [2.75, 3.05) is 20.1 Å². The molecule has 2 aromatic carbocycles. The van der Waals surface area contributed by atoms with Gasteiger partial charge in [-0.15, -0.1) is 0 Å². The molecule has 0 bridgehead atoms. The van der Waals surface area contributed by atoms with Gasteiger partial charge < -0.3 is 5.73 Å². The monoisotopic (exact) mass is 280 g/mol. The van der Waals surface area contributed by atoms with Crippen LogP contribution in [0.2, 0.25) is 0 Å². The molecule has 1 fully saturated rings. The van der Waals surface area contributed by atoms with Crippen LogP contribution in [-0.4, -0.2) is 25.0 Å². The quantitative estimate of drug-likeness (QED) is 0.929. The van der Waals surface area contributed by atoms with Gasteiger partial charge in [0.1, 0.15) is 0 Å². The predicted molar refractivity (Wildman–Crippen MR) is 89.0 cm³/mol. The number of likely N-dealkylation sites (tertiary alicyclic amines) is 1. The van der Waals surface area contributed by atoms with Crippen LogP contribution in [0.15, 0.2) is 54.6 Å². The lowest BCUT2D eigenvalue weighted by molar-refractivity contribution is 0.125. The van der Waals surface area contributed by atoms with Crippen LogP contribution in [-0.2, 0) is 0 Å². The van der Waals surface area contributed by atoms with Crippen LogP contribution in [0.4, 0.5) is 0 Å². The number of nitrogens with zero attached hydrogens (tertiary/aromatic N) is 1. The molecule has 1 aliphatic heterocycles. The van der Waals surface area contributed by atoms with Gasteiger partial charge in [0.2, 0.25) is 0 Å². The zero-order chi connectivity index (χ0) is 14.7. The summed E-state index contributed by atoms with van der Waals surface area (Å²) in [6, 6.07) is 20.0. The number of hydrogen-bond donors (Lipinski definition) is 1. The first-order chi connectivity index (χ1) is 10.3. The Kier molecular flexibility index (Phi) is 4.37. The van der Waals surface area contributed by atoms with E-state index in [1.54, 1.807) is 0 Å². The molecule has 3 rings (SSSR count). The Morgan fingerprint density at radius 2 is 1.67 bits per heavy atom. The molecule has 2 heteroatoms. The van der Waals surface area contributed by atoms with Gasteiger partial charge in [-0.25, -0.2) is 0 Å². The smallest absolute Gasteiger partial charge is 0.0385 e. The van der Waals surface area contributed by atoms with E-state index in [9.17, 15) is 0 Å². The number of benzene rings is 2. The van der Waals surface area contributed by atoms with Gasteiger partial charge in [0, 0.05) is 6.04 Å². The summed E-state index contributed by atoms with van der Waals surface area (Å²) in [4.78, 5) is 2.46. The molecule has 0 aromatic heterocycles. The fourth-order valence-electron chi connectivity index (χ4n) is 3.54. The van der Waals surface area contributed by atoms with Gasteiger partial charge in [-0.1, -0.05) is 54.6 Å². The molecule has 0 saturated carbocycles. The maximum Gasteiger partial charge on any atom is 0.0385 e. The average molecular weight is 280 g/mol. The van der Waals surface area contributed by atoms with Crippen LogP contribution in [0.1, 0.15) is 24.4 Å². The Hall–Kier alpha value is -1.64. The molecule has 0 aliphatic carbocycles. The van der Waals surface area contributed by atoms with Crippen molar-refractivity contribution < 1.29 is 0 Å². The van der Waals surface area contributed by atoms with Gasteiger partial charge in [0.25, 0.3) is 0 Å². The van der Waals surface area contributed by atoms with Crippen molar-refractivity contribution in [3.63, 3.8) is 0 Å². The molecule has 2 unspecified atom stereocenters. The highest BCUT2D eigenvalue weighted by Gasteiger charge is 2.29. The average Bonchev–Trinajstić information content (AvgIpc) is 2.55. The first kappa shape index (κ1) is 14.3. The lowest BCUT2D eigenvalue weighted by atomic mass is 9.84. The summed E-state index contributed by atoms with van der Waals surface area (Å²) < 4.78 is 0. The molecule has 2 aromatic rings. The van der Waals surface area contributed by atoms with Gasteiger partial charge >= 0.3 is 0 Å². The van der Waals surface area contributed by atoms with Crippen molar-refractivity contribution in [3.8, 4) is 11.1 Å². The van der Waals surface area contributed by atoms with E-state index >= 15 is 0 Å². The van der Waals surface area contributed by atoms with Crippen LogP contribution in [0, 0.1) is 5.92 Å². The maximum atomic E-state index is 5.99. The van der Waals surface area contributed by atoms with Crippen LogP contribution < -0.4 is 5.73 Å². The van der Waals surface area contributed by atoms with Crippen molar-refractivity contribution in [2.45, 2.75) is 18.9 Å². The maximum absolute atomic E-state index is 5.99. The second-order valence-corrected chi connectivity index (χ2v) is 6.05. The zero-order valence-electron chi connectivity index (χ0n) is 12.7. The van der Waals surface area contributed by atoms with Crippen LogP contribution >= 0.6 is 0 Å². The van der Waals surface area contributed by atoms with Gasteiger partial charge in [-0.3, -0.25) is 4.90 Å². The molecular weight excluding hydrogens is 256 g/mol. The second-order valence-electron chi connectivity index (χ2n) is 6.05. The van der Waals surface area contributed by atoms with Crippen LogP contribution in [0.3, 0.4) is 0 Å². The first-order valence-electron chi connectivity index (χ1n) is 7.85. The van der Waals surface area contributed by atoms with E-state index in [0.29, 0.717) is 12.0 Å². The third kappa shape index (κ3) is 3.02. The van der Waals surface area contributed by atoms with Crippen LogP contribution in [0.25, 0.3) is 11.1 Å². The van der Waals surface area contributed by atoms with E-state index in [1.807, 2.05) is 0 Å². The van der Waals surface area contributed by atoms with Crippen molar-refractivity contribution in [2.24, 2.45) is 11.7 Å². The SMILES string of the molecule is CN1CCCC(CN)C1c1ccc(-c2ccccc2)cc1. The fraction of sp³-hybridized carbons (Fsp3) is 0.368. The van der Waals surface area contributed by atoms with E-state index in [-0.39, 0.29) is 0 Å². The summed E-state index contributed by atoms with van der Waals surface area (Å²) >= 11 is 0. The highest BCUT2D eigenvalue weighted by atomic mass is 15.1. The molecule has 1 aliphatic rings. The second kappa shape index (κ2) is 6.42. The van der Waals surface area contributed by atoms with E-state index in [1.165, 1.54) is 36.1 Å². The lowest BCUT2D eigenvalue weighted by Gasteiger charge is -2.39. The van der Waals surface area contributed by atoms with E-state index in [4.69, 9.17) is 5.73 Å². The molecule has 21 heavy (non-hydrogen) atoms. The molecule has 2 nitrogen and oxygen atoms in total. The Labute approximate surface area is 127 Å². The third-order valence-corrected chi connectivity index (χ3v) is 4.67. The Morgan fingerprint density at radius 3 is 2.33 bits per heavy atom. The minimum Gasteiger partial charge on any atom is -0.330 e. The molecular formula is C19H24N2. The number of rotatable bonds is 3. The Bertz CT molecular complexity index is 562. The first-order valence-corrected chi connectivity index (χ1v) is 7.85. The van der Waals surface area contributed by atoms with Crippen LogP contribution in [0.5, 0.6) is 0 Å². The zero-order valence-corrected chi connectivity index (χ0v) is 12.7. The Morgan fingerprint density at radius 1 is 1.00 bits per heavy atom. The molecule has 2 N–H and O–H groups in total. The molecule has 1 saturated heterocycles. The summed E-state index contributed by atoms with van der Waals surface area (Å²) in [7, 11) is 2.22. The third-order valence-electron chi connectivity index (χ3n) is 4.67. The summed E-state index contributed by atoms with van der Waals surface area (Å²) in [6.45, 7) is 1.94. The number of nitrogens with two attached hydrogens (primary N) is 1. The van der Waals surface area contributed by atoms with Crippen molar-refractivity contribution in [1.29, 1.82) is 0 Å². The number of piperidine rings is 1. The van der Waals surface area contributed by atoms with Crippen molar-refractivity contribution in [3.05, 3.63) is 60.2 Å². The van der Waals surface area contributed by atoms with Crippen molar-refractivity contribution >= 4 is 0 Å². The minimum absolute atomic E-state index is 0.466. The van der Waals surface area contributed by atoms with Gasteiger partial charge in [0.15, 0.2) is 0 Å². The standard InChI is InChI=1S/C19H24N2/c1-21-13-5-8-18(14-20)19(21)17-11-9-16(10-12-17)15-6-3-2-4-7-15/h2-4,6-7,9-12,18-19H,5,8,13-14,20H2,1H3. The summed E-state index contributed by atoms with van der Waals surface area (Å²) in [5, 5.41) is 0. The van der Waals surface area contributed by atoms with E-state index in [2.05, 4.69) is 66.5 Å². The largest absolute Gasteiger partial charge is 0.330 e. The van der Waals surface area contributed by atoms with E-state index < -0.39 is 0 Å². The Balaban J connectivity index is 1.86. The predicted octanol–water partition coefficient (Wildman–Crippen LogP) is 3.70. The molecule has 0 amide bonds. The summed E-state index contributed by atoms with van der Waals surface area (Å²) in [6.07, 6.45) is 2.50. The summed E-state index contributed by atoms with van der Waals surface area (Å²) in [5.74, 6) is 0.575. The minimum atomic E-state index is 0.466. The summed E-state index contributed by atoms with van der Waals surface area (Å²) in [5.41, 5.74) is 9.94. The fourth-order valence-corrected chi connectivity index (χ4v) is 3.54. The highest BCUT2D eigenvalue weighted by Crippen LogP contribution is 2.35. The van der Waals surface area contributed by atoms with E-state index in [0.717, 1.165) is 6.54 Å². The molecule has 0 radical (unpaired) electrons. The molecule has 110 valence electrons. The van der Waals surface area contributed by atoms with Gasteiger partial charge in [-0.2, -0.15) is 0 Å². The lowest BCUT2D eigenvalue weighted by Crippen LogP contribution is -2.39. The van der Waals surface area contributed by atoms with Gasteiger partial charge in [-0.05, 0) is 55.6 Å². The van der Waals surface area contributed by atoms with Gasteiger partial charge in [0.05, 0.1) is 0 Å². The highest BCUT2D eigenvalue weighted by molar-refractivity contribution is 5.63. The number of hydrogen-bond acceptors (Lipinski definition) is 2. The molecule has 2 atom stereocenters. The molecule has 1 heterocycles. The molecule has 0 spiro atoms. The van der Waals surface area contributed by atoms with Crippen molar-refractivity contribution in [1.82, 2.24) is 4.90 Å². The topological polar surface area (TPSA) is 29.3 Å².